The normalized spacial score (nSPS) is 12.6. The van der Waals surface area contributed by atoms with Crippen molar-refractivity contribution in [2.45, 2.75) is 6.10 Å². The lowest BCUT2D eigenvalue weighted by atomic mass is 10.1. The summed E-state index contributed by atoms with van der Waals surface area (Å²) in [5.41, 5.74) is 0.0243. The molecule has 1 aromatic carbocycles. The molecule has 0 aliphatic carbocycles. The van der Waals surface area contributed by atoms with Crippen LogP contribution in [0.2, 0.25) is 5.02 Å². The lowest BCUT2D eigenvalue weighted by Gasteiger charge is -2.16. The second kappa shape index (κ2) is 5.43. The summed E-state index contributed by atoms with van der Waals surface area (Å²) in [5.74, 6) is -2.17. The van der Waals surface area contributed by atoms with Crippen LogP contribution in [-0.2, 0) is 0 Å². The van der Waals surface area contributed by atoms with E-state index >= 15 is 0 Å². The van der Waals surface area contributed by atoms with E-state index in [9.17, 15) is 13.9 Å². The molecule has 0 radical (unpaired) electrons. The van der Waals surface area contributed by atoms with Crippen LogP contribution in [0.4, 0.5) is 8.78 Å². The second-order valence-electron chi connectivity index (χ2n) is 3.18. The van der Waals surface area contributed by atoms with E-state index in [1.54, 1.807) is 7.05 Å². The molecule has 16 heavy (non-hydrogen) atoms. The smallest absolute Gasteiger partial charge is 0.186 e. The molecule has 90 valence electrons. The van der Waals surface area contributed by atoms with Gasteiger partial charge in [0.05, 0.1) is 13.2 Å². The van der Waals surface area contributed by atoms with Crippen LogP contribution >= 0.6 is 11.6 Å². The predicted octanol–water partition coefficient (Wildman–Crippen LogP) is 1.88. The van der Waals surface area contributed by atoms with Crippen LogP contribution in [0.15, 0.2) is 6.07 Å². The van der Waals surface area contributed by atoms with E-state index in [4.69, 9.17) is 16.3 Å². The molecular formula is C10H12ClF2NO2. The lowest BCUT2D eigenvalue weighted by Crippen LogP contribution is -2.18. The molecule has 0 fully saturated rings. The first kappa shape index (κ1) is 13.2. The van der Waals surface area contributed by atoms with Gasteiger partial charge in [-0.2, -0.15) is 0 Å². The zero-order valence-corrected chi connectivity index (χ0v) is 9.61. The van der Waals surface area contributed by atoms with E-state index in [1.165, 1.54) is 7.11 Å². The van der Waals surface area contributed by atoms with Gasteiger partial charge < -0.3 is 15.2 Å². The molecular weight excluding hydrogens is 240 g/mol. The van der Waals surface area contributed by atoms with Gasteiger partial charge in [-0.1, -0.05) is 11.6 Å². The molecule has 0 heterocycles. The number of likely N-dealkylation sites (N-methyl/N-ethyl adjacent to an activating group) is 1. The number of nitrogens with one attached hydrogen (secondary N) is 1. The van der Waals surface area contributed by atoms with Crippen molar-refractivity contribution in [1.82, 2.24) is 5.32 Å². The molecule has 1 rings (SSSR count). The van der Waals surface area contributed by atoms with Gasteiger partial charge in [0.2, 0.25) is 0 Å². The quantitative estimate of drug-likeness (QED) is 0.803. The molecule has 2 N–H and O–H groups in total. The summed E-state index contributed by atoms with van der Waals surface area (Å²) in [4.78, 5) is 0. The molecule has 0 bridgehead atoms. The van der Waals surface area contributed by atoms with Crippen LogP contribution in [0, 0.1) is 11.6 Å². The minimum absolute atomic E-state index is 0.0243. The Morgan fingerprint density at radius 3 is 2.69 bits per heavy atom. The lowest BCUT2D eigenvalue weighted by molar-refractivity contribution is 0.171. The largest absolute Gasteiger partial charge is 0.493 e. The van der Waals surface area contributed by atoms with Crippen molar-refractivity contribution in [1.29, 1.82) is 0 Å². The number of benzene rings is 1. The number of rotatable bonds is 4. The molecule has 0 saturated heterocycles. The SMILES string of the molecule is CNCC(O)c1cc(F)c(Cl)c(F)c1OC. The zero-order valence-electron chi connectivity index (χ0n) is 8.85. The van der Waals surface area contributed by atoms with Crippen molar-refractivity contribution < 1.29 is 18.6 Å². The Hall–Kier alpha value is -0.910. The van der Waals surface area contributed by atoms with Gasteiger partial charge >= 0.3 is 0 Å². The summed E-state index contributed by atoms with van der Waals surface area (Å²) in [6.45, 7) is 0.150. The number of hydrogen-bond donors (Lipinski definition) is 2. The second-order valence-corrected chi connectivity index (χ2v) is 3.56. The Morgan fingerprint density at radius 1 is 1.56 bits per heavy atom. The van der Waals surface area contributed by atoms with Crippen LogP contribution in [0.25, 0.3) is 0 Å². The predicted molar refractivity (Wildman–Crippen MR) is 56.8 cm³/mol. The summed E-state index contributed by atoms with van der Waals surface area (Å²) in [6.07, 6.45) is -1.07. The fourth-order valence-corrected chi connectivity index (χ4v) is 1.50. The molecule has 0 amide bonds. The van der Waals surface area contributed by atoms with Gasteiger partial charge in [0.1, 0.15) is 10.8 Å². The Kier molecular flexibility index (Phi) is 4.46. The van der Waals surface area contributed by atoms with E-state index in [-0.39, 0.29) is 17.9 Å². The summed E-state index contributed by atoms with van der Waals surface area (Å²) in [5, 5.41) is 11.7. The van der Waals surface area contributed by atoms with Crippen molar-refractivity contribution in [3.8, 4) is 5.75 Å². The van der Waals surface area contributed by atoms with Crippen LogP contribution in [-0.4, -0.2) is 25.8 Å². The fraction of sp³-hybridized carbons (Fsp3) is 0.400. The van der Waals surface area contributed by atoms with E-state index in [1.807, 2.05) is 0 Å². The molecule has 1 unspecified atom stereocenters. The highest BCUT2D eigenvalue weighted by Gasteiger charge is 2.22. The Labute approximate surface area is 97.0 Å². The van der Waals surface area contributed by atoms with E-state index in [2.05, 4.69) is 5.32 Å². The number of ether oxygens (including phenoxy) is 1. The van der Waals surface area contributed by atoms with Crippen LogP contribution in [0.5, 0.6) is 5.75 Å². The molecule has 6 heteroatoms. The van der Waals surface area contributed by atoms with E-state index in [0.29, 0.717) is 0 Å². The molecule has 3 nitrogen and oxygen atoms in total. The minimum Gasteiger partial charge on any atom is -0.493 e. The third-order valence-electron chi connectivity index (χ3n) is 2.11. The van der Waals surface area contributed by atoms with Crippen molar-refractivity contribution in [3.63, 3.8) is 0 Å². The molecule has 0 aliphatic heterocycles. The van der Waals surface area contributed by atoms with Gasteiger partial charge in [-0.15, -0.1) is 0 Å². The summed E-state index contributed by atoms with van der Waals surface area (Å²) < 4.78 is 31.5. The van der Waals surface area contributed by atoms with E-state index < -0.39 is 22.8 Å². The maximum atomic E-state index is 13.5. The minimum atomic E-state index is -1.07. The van der Waals surface area contributed by atoms with Gasteiger partial charge in [0, 0.05) is 12.1 Å². The third kappa shape index (κ3) is 2.42. The van der Waals surface area contributed by atoms with Gasteiger partial charge in [-0.05, 0) is 13.1 Å². The van der Waals surface area contributed by atoms with Crippen LogP contribution in [0.1, 0.15) is 11.7 Å². The Bertz CT molecular complexity index is 388. The third-order valence-corrected chi connectivity index (χ3v) is 2.45. The van der Waals surface area contributed by atoms with Crippen molar-refractivity contribution >= 4 is 11.6 Å². The molecule has 0 aromatic heterocycles. The number of aliphatic hydroxyl groups excluding tert-OH is 1. The average Bonchev–Trinajstić information content (AvgIpc) is 2.26. The molecule has 1 aromatic rings. The number of methoxy groups -OCH3 is 1. The van der Waals surface area contributed by atoms with Crippen molar-refractivity contribution in [2.75, 3.05) is 20.7 Å². The van der Waals surface area contributed by atoms with Gasteiger partial charge in [0.25, 0.3) is 0 Å². The summed E-state index contributed by atoms with van der Waals surface area (Å²) in [7, 11) is 2.83. The maximum Gasteiger partial charge on any atom is 0.186 e. The van der Waals surface area contributed by atoms with E-state index in [0.717, 1.165) is 6.07 Å². The first-order chi connectivity index (χ1) is 7.52. The van der Waals surface area contributed by atoms with Crippen molar-refractivity contribution in [3.05, 3.63) is 28.3 Å². The number of halogens is 3. The zero-order chi connectivity index (χ0) is 12.3. The topological polar surface area (TPSA) is 41.5 Å². The fourth-order valence-electron chi connectivity index (χ4n) is 1.35. The van der Waals surface area contributed by atoms with Crippen LogP contribution in [0.3, 0.4) is 0 Å². The molecule has 0 spiro atoms. The molecule has 0 saturated carbocycles. The van der Waals surface area contributed by atoms with Crippen molar-refractivity contribution in [2.24, 2.45) is 0 Å². The Morgan fingerprint density at radius 2 is 2.19 bits per heavy atom. The highest BCUT2D eigenvalue weighted by Crippen LogP contribution is 2.34. The monoisotopic (exact) mass is 251 g/mol. The first-order valence-corrected chi connectivity index (χ1v) is 4.94. The van der Waals surface area contributed by atoms with Gasteiger partial charge in [-0.3, -0.25) is 0 Å². The average molecular weight is 252 g/mol. The summed E-state index contributed by atoms with van der Waals surface area (Å²) >= 11 is 5.39. The Balaban J connectivity index is 3.27. The number of aliphatic hydroxyl groups is 1. The number of hydrogen-bond acceptors (Lipinski definition) is 3. The standard InChI is InChI=1S/C10H12ClF2NO2/c1-14-4-7(15)5-3-6(12)8(11)9(13)10(5)16-2/h3,7,14-15H,4H2,1-2H3. The highest BCUT2D eigenvalue weighted by atomic mass is 35.5. The van der Waals surface area contributed by atoms with Gasteiger partial charge in [-0.25, -0.2) is 8.78 Å². The molecule has 1 atom stereocenters. The highest BCUT2D eigenvalue weighted by molar-refractivity contribution is 6.31. The van der Waals surface area contributed by atoms with Gasteiger partial charge in [0.15, 0.2) is 11.6 Å². The maximum absolute atomic E-state index is 13.5. The first-order valence-electron chi connectivity index (χ1n) is 4.57. The summed E-state index contributed by atoms with van der Waals surface area (Å²) in [6, 6.07) is 0.965. The molecule has 0 aliphatic rings. The van der Waals surface area contributed by atoms with Crippen LogP contribution < -0.4 is 10.1 Å².